The van der Waals surface area contributed by atoms with Gasteiger partial charge in [0.25, 0.3) is 0 Å². The number of amides is 1. The molecule has 1 heterocycles. The number of halogens is 4. The fraction of sp³-hybridized carbons (Fsp3) is 0.500. The van der Waals surface area contributed by atoms with E-state index in [1.54, 1.807) is 6.07 Å². The minimum Gasteiger partial charge on any atom is -0.352 e. The van der Waals surface area contributed by atoms with Crippen molar-refractivity contribution in [1.29, 1.82) is 0 Å². The smallest absolute Gasteiger partial charge is 0.352 e. The molecule has 1 aromatic carbocycles. The molecule has 2 N–H and O–H groups in total. The highest BCUT2D eigenvalue weighted by atomic mass is 79.9. The van der Waals surface area contributed by atoms with Gasteiger partial charge in [0.2, 0.25) is 5.91 Å². The Labute approximate surface area is 129 Å². The second-order valence-electron chi connectivity index (χ2n) is 5.04. The fourth-order valence-electron chi connectivity index (χ4n) is 2.38. The van der Waals surface area contributed by atoms with Crippen molar-refractivity contribution in [2.24, 2.45) is 5.92 Å². The highest BCUT2D eigenvalue weighted by Gasteiger charge is 2.33. The highest BCUT2D eigenvalue weighted by molar-refractivity contribution is 9.10. The van der Waals surface area contributed by atoms with Gasteiger partial charge in [-0.15, -0.1) is 0 Å². The number of benzene rings is 1. The van der Waals surface area contributed by atoms with Crippen LogP contribution in [0.4, 0.5) is 13.2 Å². The monoisotopic (exact) mass is 364 g/mol. The predicted molar refractivity (Wildman–Crippen MR) is 76.6 cm³/mol. The average Bonchev–Trinajstić information content (AvgIpc) is 2.45. The van der Waals surface area contributed by atoms with Crippen LogP contribution in [0.2, 0.25) is 0 Å². The molecule has 1 saturated heterocycles. The lowest BCUT2D eigenvalue weighted by molar-refractivity contribution is -0.138. The van der Waals surface area contributed by atoms with Crippen molar-refractivity contribution in [2.45, 2.75) is 25.6 Å². The van der Waals surface area contributed by atoms with E-state index in [0.29, 0.717) is 4.47 Å². The number of carbonyl (C=O) groups is 1. The molecule has 1 amide bonds. The summed E-state index contributed by atoms with van der Waals surface area (Å²) in [5, 5.41) is 5.76. The van der Waals surface area contributed by atoms with Gasteiger partial charge >= 0.3 is 6.18 Å². The van der Waals surface area contributed by atoms with Crippen molar-refractivity contribution >= 4 is 21.8 Å². The molecule has 0 unspecified atom stereocenters. The summed E-state index contributed by atoms with van der Waals surface area (Å²) < 4.78 is 39.3. The maximum atomic E-state index is 13.0. The lowest BCUT2D eigenvalue weighted by Crippen LogP contribution is -2.38. The van der Waals surface area contributed by atoms with Crippen LogP contribution in [-0.2, 0) is 17.5 Å². The molecule has 0 aliphatic carbocycles. The van der Waals surface area contributed by atoms with Crippen LogP contribution in [-0.4, -0.2) is 19.0 Å². The molecule has 0 radical (unpaired) electrons. The first kappa shape index (κ1) is 16.3. The Morgan fingerprint density at radius 2 is 2.00 bits per heavy atom. The van der Waals surface area contributed by atoms with Crippen LogP contribution in [0.3, 0.4) is 0 Å². The summed E-state index contributed by atoms with van der Waals surface area (Å²) in [4.78, 5) is 12.0. The molecule has 3 nitrogen and oxygen atoms in total. The van der Waals surface area contributed by atoms with Gasteiger partial charge < -0.3 is 10.6 Å². The van der Waals surface area contributed by atoms with Gasteiger partial charge in [-0.3, -0.25) is 4.79 Å². The summed E-state index contributed by atoms with van der Waals surface area (Å²) in [5.74, 6) is -0.288. The number of rotatable bonds is 3. The van der Waals surface area contributed by atoms with E-state index < -0.39 is 11.7 Å². The molecule has 1 aliphatic heterocycles. The Balaban J connectivity index is 2.04. The van der Waals surface area contributed by atoms with Gasteiger partial charge in [0.1, 0.15) is 0 Å². The zero-order chi connectivity index (χ0) is 15.5. The molecular weight excluding hydrogens is 349 g/mol. The number of nitrogens with one attached hydrogen (secondary N) is 2. The normalized spacial score (nSPS) is 16.8. The quantitative estimate of drug-likeness (QED) is 0.865. The summed E-state index contributed by atoms with van der Waals surface area (Å²) in [6, 6.07) is 3.96. The molecule has 0 aromatic heterocycles. The van der Waals surface area contributed by atoms with E-state index in [2.05, 4.69) is 26.6 Å². The molecule has 1 aromatic rings. The van der Waals surface area contributed by atoms with Gasteiger partial charge in [0, 0.05) is 16.9 Å². The largest absolute Gasteiger partial charge is 0.416 e. The number of carbonyl (C=O) groups excluding carboxylic acids is 1. The first-order chi connectivity index (χ1) is 9.88. The molecule has 2 rings (SSSR count). The van der Waals surface area contributed by atoms with Crippen LogP contribution in [0.5, 0.6) is 0 Å². The van der Waals surface area contributed by atoms with Crippen LogP contribution in [0.25, 0.3) is 0 Å². The molecular formula is C14H16BrF3N2O. The maximum Gasteiger partial charge on any atom is 0.416 e. The maximum absolute atomic E-state index is 13.0. The topological polar surface area (TPSA) is 41.1 Å². The van der Waals surface area contributed by atoms with Crippen molar-refractivity contribution in [1.82, 2.24) is 10.6 Å². The first-order valence-electron chi connectivity index (χ1n) is 6.72. The zero-order valence-corrected chi connectivity index (χ0v) is 12.9. The lowest BCUT2D eigenvalue weighted by Gasteiger charge is -2.22. The fourth-order valence-corrected chi connectivity index (χ4v) is 2.74. The Hall–Kier alpha value is -1.08. The van der Waals surface area contributed by atoms with E-state index in [9.17, 15) is 18.0 Å². The van der Waals surface area contributed by atoms with Crippen molar-refractivity contribution in [3.63, 3.8) is 0 Å². The van der Waals surface area contributed by atoms with Crippen LogP contribution in [0.15, 0.2) is 22.7 Å². The van der Waals surface area contributed by atoms with Gasteiger partial charge in [-0.2, -0.15) is 13.2 Å². The lowest BCUT2D eigenvalue weighted by atomic mass is 9.97. The van der Waals surface area contributed by atoms with Crippen LogP contribution in [0, 0.1) is 5.92 Å². The summed E-state index contributed by atoms with van der Waals surface area (Å²) in [7, 11) is 0. The van der Waals surface area contributed by atoms with E-state index in [0.717, 1.165) is 32.0 Å². The molecule has 116 valence electrons. The number of hydrogen-bond donors (Lipinski definition) is 2. The van der Waals surface area contributed by atoms with E-state index in [-0.39, 0.29) is 23.9 Å². The van der Waals surface area contributed by atoms with Gasteiger partial charge in [0.15, 0.2) is 0 Å². The van der Waals surface area contributed by atoms with Crippen LogP contribution >= 0.6 is 15.9 Å². The van der Waals surface area contributed by atoms with Crippen LogP contribution < -0.4 is 10.6 Å². The minimum absolute atomic E-state index is 0.0768. The Bertz CT molecular complexity index is 513. The standard InChI is InChI=1S/C14H16BrF3N2O/c15-11-2-1-10(12(7-11)14(16,17)18)8-20-13(21)9-3-5-19-6-4-9/h1-2,7,9,19H,3-6,8H2,(H,20,21). The summed E-state index contributed by atoms with van der Waals surface area (Å²) in [6.45, 7) is 1.43. The van der Waals surface area contributed by atoms with E-state index >= 15 is 0 Å². The van der Waals surface area contributed by atoms with E-state index in [1.807, 2.05) is 0 Å². The molecule has 0 bridgehead atoms. The third-order valence-corrected chi connectivity index (χ3v) is 4.03. The second kappa shape index (κ2) is 6.79. The van der Waals surface area contributed by atoms with Gasteiger partial charge in [0.05, 0.1) is 5.56 Å². The Morgan fingerprint density at radius 1 is 1.33 bits per heavy atom. The Kier molecular flexibility index (Phi) is 5.27. The number of hydrogen-bond acceptors (Lipinski definition) is 2. The number of alkyl halides is 3. The van der Waals surface area contributed by atoms with Crippen LogP contribution in [0.1, 0.15) is 24.0 Å². The SMILES string of the molecule is O=C(NCc1ccc(Br)cc1C(F)(F)F)C1CCNCC1. The molecule has 0 saturated carbocycles. The third kappa shape index (κ3) is 4.44. The predicted octanol–water partition coefficient (Wildman–Crippen LogP) is 3.08. The van der Waals surface area contributed by atoms with Crippen molar-refractivity contribution in [2.75, 3.05) is 13.1 Å². The number of piperidine rings is 1. The first-order valence-corrected chi connectivity index (χ1v) is 7.51. The van der Waals surface area contributed by atoms with Crippen molar-refractivity contribution in [3.05, 3.63) is 33.8 Å². The third-order valence-electron chi connectivity index (χ3n) is 3.54. The summed E-state index contributed by atoms with van der Waals surface area (Å²) in [5.41, 5.74) is -0.643. The molecule has 1 fully saturated rings. The van der Waals surface area contributed by atoms with E-state index in [1.165, 1.54) is 6.07 Å². The summed E-state index contributed by atoms with van der Waals surface area (Å²) in [6.07, 6.45) is -2.99. The van der Waals surface area contributed by atoms with Gasteiger partial charge in [-0.1, -0.05) is 22.0 Å². The van der Waals surface area contributed by atoms with Gasteiger partial charge in [-0.05, 0) is 43.6 Å². The molecule has 21 heavy (non-hydrogen) atoms. The van der Waals surface area contributed by atoms with Gasteiger partial charge in [-0.25, -0.2) is 0 Å². The molecule has 0 atom stereocenters. The van der Waals surface area contributed by atoms with Crippen molar-refractivity contribution in [3.8, 4) is 0 Å². The molecule has 1 aliphatic rings. The molecule has 0 spiro atoms. The highest BCUT2D eigenvalue weighted by Crippen LogP contribution is 2.33. The molecule has 7 heteroatoms. The zero-order valence-electron chi connectivity index (χ0n) is 11.3. The van der Waals surface area contributed by atoms with E-state index in [4.69, 9.17) is 0 Å². The summed E-state index contributed by atoms with van der Waals surface area (Å²) >= 11 is 3.04. The second-order valence-corrected chi connectivity index (χ2v) is 5.96. The average molecular weight is 365 g/mol. The minimum atomic E-state index is -4.43. The Morgan fingerprint density at radius 3 is 2.62 bits per heavy atom. The van der Waals surface area contributed by atoms with Crippen molar-refractivity contribution < 1.29 is 18.0 Å².